The van der Waals surface area contributed by atoms with Gasteiger partial charge in [0.05, 0.1) is 6.54 Å². The van der Waals surface area contributed by atoms with E-state index in [4.69, 9.17) is 11.2 Å². The maximum Gasteiger partial charge on any atom is 0.258 e. The molecule has 0 saturated heterocycles. The molecule has 0 aromatic heterocycles. The van der Waals surface area contributed by atoms with Crippen LogP contribution >= 0.6 is 0 Å². The van der Waals surface area contributed by atoms with Crippen LogP contribution in [0.3, 0.4) is 0 Å². The maximum atomic E-state index is 13.2. The third kappa shape index (κ3) is 5.40. The van der Waals surface area contributed by atoms with Crippen LogP contribution in [0.2, 0.25) is 0 Å². The van der Waals surface area contributed by atoms with E-state index in [0.29, 0.717) is 17.9 Å². The van der Waals surface area contributed by atoms with Crippen LogP contribution in [0.15, 0.2) is 18.2 Å². The molecule has 0 fully saturated rings. The summed E-state index contributed by atoms with van der Waals surface area (Å²) in [5, 5.41) is 5.57. The molecule has 0 aliphatic heterocycles. The van der Waals surface area contributed by atoms with Crippen LogP contribution in [0.25, 0.3) is 0 Å². The summed E-state index contributed by atoms with van der Waals surface area (Å²) in [4.78, 5) is 11.3. The zero-order valence-electron chi connectivity index (χ0n) is 10.8. The standard InChI is InChI=1S/C14H17FN2O2/c1-3-7-17-14(18)10-19-13-6-5-12(15)8-11(13)9-16-4-2/h1,5-6,8,16H,4,7,9-10H2,2H3,(H,17,18). The number of benzene rings is 1. The summed E-state index contributed by atoms with van der Waals surface area (Å²) in [6.45, 7) is 3.21. The maximum absolute atomic E-state index is 13.2. The molecule has 0 saturated carbocycles. The molecule has 0 spiro atoms. The first kappa shape index (κ1) is 15.0. The first-order valence-electron chi connectivity index (χ1n) is 5.99. The van der Waals surface area contributed by atoms with E-state index in [1.165, 1.54) is 18.2 Å². The van der Waals surface area contributed by atoms with Crippen molar-refractivity contribution in [1.29, 1.82) is 0 Å². The molecule has 0 bridgehead atoms. The van der Waals surface area contributed by atoms with Gasteiger partial charge in [-0.25, -0.2) is 4.39 Å². The Morgan fingerprint density at radius 3 is 3.00 bits per heavy atom. The molecule has 1 aromatic rings. The van der Waals surface area contributed by atoms with Gasteiger partial charge in [0.15, 0.2) is 6.61 Å². The number of carbonyl (C=O) groups excluding carboxylic acids is 1. The number of hydrogen-bond donors (Lipinski definition) is 2. The van der Waals surface area contributed by atoms with Gasteiger partial charge >= 0.3 is 0 Å². The average molecular weight is 264 g/mol. The molecule has 102 valence electrons. The fraction of sp³-hybridized carbons (Fsp3) is 0.357. The highest BCUT2D eigenvalue weighted by atomic mass is 19.1. The Labute approximate surface area is 112 Å². The Morgan fingerprint density at radius 2 is 2.32 bits per heavy atom. The molecule has 5 heteroatoms. The number of rotatable bonds is 7. The third-order valence-electron chi connectivity index (χ3n) is 2.33. The Bertz CT molecular complexity index is 469. The lowest BCUT2D eigenvalue weighted by Crippen LogP contribution is -2.29. The van der Waals surface area contributed by atoms with Gasteiger partial charge in [0.2, 0.25) is 0 Å². The number of hydrogen-bond acceptors (Lipinski definition) is 3. The topological polar surface area (TPSA) is 50.4 Å². The van der Waals surface area contributed by atoms with Gasteiger partial charge in [0, 0.05) is 12.1 Å². The van der Waals surface area contributed by atoms with Gasteiger partial charge < -0.3 is 15.4 Å². The minimum Gasteiger partial charge on any atom is -0.483 e. The zero-order chi connectivity index (χ0) is 14.1. The van der Waals surface area contributed by atoms with Crippen LogP contribution in [0.5, 0.6) is 5.75 Å². The predicted molar refractivity (Wildman–Crippen MR) is 71.1 cm³/mol. The SMILES string of the molecule is C#CCNC(=O)COc1ccc(F)cc1CNCC. The molecule has 1 aromatic carbocycles. The number of ether oxygens (including phenoxy) is 1. The number of halogens is 1. The van der Waals surface area contributed by atoms with Crippen molar-refractivity contribution >= 4 is 5.91 Å². The molecule has 4 nitrogen and oxygen atoms in total. The highest BCUT2D eigenvalue weighted by Crippen LogP contribution is 2.19. The van der Waals surface area contributed by atoms with Gasteiger partial charge in [-0.2, -0.15) is 0 Å². The van der Waals surface area contributed by atoms with E-state index in [9.17, 15) is 9.18 Å². The van der Waals surface area contributed by atoms with Gasteiger partial charge in [-0.1, -0.05) is 12.8 Å². The van der Waals surface area contributed by atoms with Crippen molar-refractivity contribution in [2.75, 3.05) is 19.7 Å². The average Bonchev–Trinajstić information content (AvgIpc) is 2.41. The fourth-order valence-corrected chi connectivity index (χ4v) is 1.43. The number of nitrogens with one attached hydrogen (secondary N) is 2. The lowest BCUT2D eigenvalue weighted by Gasteiger charge is -2.11. The summed E-state index contributed by atoms with van der Waals surface area (Å²) >= 11 is 0. The third-order valence-corrected chi connectivity index (χ3v) is 2.33. The van der Waals surface area contributed by atoms with Crippen molar-refractivity contribution in [1.82, 2.24) is 10.6 Å². The molecule has 0 atom stereocenters. The lowest BCUT2D eigenvalue weighted by atomic mass is 10.2. The summed E-state index contributed by atoms with van der Waals surface area (Å²) in [5.41, 5.74) is 0.673. The van der Waals surface area contributed by atoms with Gasteiger partial charge in [0.25, 0.3) is 5.91 Å². The number of terminal acetylenes is 1. The van der Waals surface area contributed by atoms with E-state index in [-0.39, 0.29) is 24.9 Å². The molecule has 0 radical (unpaired) electrons. The monoisotopic (exact) mass is 264 g/mol. The van der Waals surface area contributed by atoms with E-state index in [1.54, 1.807) is 0 Å². The van der Waals surface area contributed by atoms with E-state index in [2.05, 4.69) is 16.6 Å². The Hall–Kier alpha value is -2.06. The molecule has 2 N–H and O–H groups in total. The van der Waals surface area contributed by atoms with Crippen molar-refractivity contribution in [3.63, 3.8) is 0 Å². The van der Waals surface area contributed by atoms with Crippen molar-refractivity contribution < 1.29 is 13.9 Å². The van der Waals surface area contributed by atoms with Gasteiger partial charge in [-0.3, -0.25) is 4.79 Å². The summed E-state index contributed by atoms with van der Waals surface area (Å²) in [6.07, 6.45) is 5.02. The van der Waals surface area contributed by atoms with E-state index < -0.39 is 0 Å². The van der Waals surface area contributed by atoms with Gasteiger partial charge in [-0.15, -0.1) is 6.42 Å². The molecule has 19 heavy (non-hydrogen) atoms. The van der Waals surface area contributed by atoms with E-state index in [1.807, 2.05) is 6.92 Å². The molecular formula is C14H17FN2O2. The summed E-state index contributed by atoms with van der Waals surface area (Å²) < 4.78 is 18.5. The van der Waals surface area contributed by atoms with Crippen molar-refractivity contribution in [3.8, 4) is 18.1 Å². The summed E-state index contributed by atoms with van der Waals surface area (Å²) in [5.74, 6) is 2.14. The zero-order valence-corrected chi connectivity index (χ0v) is 10.8. The Morgan fingerprint density at radius 1 is 1.53 bits per heavy atom. The second-order valence-electron chi connectivity index (χ2n) is 3.80. The van der Waals surface area contributed by atoms with Crippen molar-refractivity contribution in [2.24, 2.45) is 0 Å². The Kier molecular flexibility index (Phi) is 6.41. The fourth-order valence-electron chi connectivity index (χ4n) is 1.43. The van der Waals surface area contributed by atoms with Crippen LogP contribution in [0, 0.1) is 18.2 Å². The molecule has 0 aliphatic carbocycles. The molecule has 0 heterocycles. The first-order chi connectivity index (χ1) is 9.17. The summed E-state index contributed by atoms with van der Waals surface area (Å²) in [7, 11) is 0. The van der Waals surface area contributed by atoms with Crippen LogP contribution < -0.4 is 15.4 Å². The molecule has 0 aliphatic rings. The first-order valence-corrected chi connectivity index (χ1v) is 5.99. The Balaban J connectivity index is 2.61. The predicted octanol–water partition coefficient (Wildman–Crippen LogP) is 1.06. The second kappa shape index (κ2) is 8.11. The molecular weight excluding hydrogens is 247 g/mol. The largest absolute Gasteiger partial charge is 0.483 e. The molecule has 1 rings (SSSR count). The molecule has 1 amide bonds. The van der Waals surface area contributed by atoms with Crippen LogP contribution in [0.4, 0.5) is 4.39 Å². The van der Waals surface area contributed by atoms with Gasteiger partial charge in [0.1, 0.15) is 11.6 Å². The number of amides is 1. The van der Waals surface area contributed by atoms with Crippen molar-refractivity contribution in [3.05, 3.63) is 29.6 Å². The molecule has 0 unspecified atom stereocenters. The van der Waals surface area contributed by atoms with Crippen molar-refractivity contribution in [2.45, 2.75) is 13.5 Å². The van der Waals surface area contributed by atoms with E-state index in [0.717, 1.165) is 6.54 Å². The second-order valence-corrected chi connectivity index (χ2v) is 3.80. The lowest BCUT2D eigenvalue weighted by molar-refractivity contribution is -0.122. The highest BCUT2D eigenvalue weighted by Gasteiger charge is 2.07. The normalized spacial score (nSPS) is 9.74. The quantitative estimate of drug-likeness (QED) is 0.724. The van der Waals surface area contributed by atoms with Crippen LogP contribution in [-0.4, -0.2) is 25.6 Å². The summed E-state index contributed by atoms with van der Waals surface area (Å²) in [6, 6.07) is 4.19. The van der Waals surface area contributed by atoms with Gasteiger partial charge in [-0.05, 0) is 24.7 Å². The van der Waals surface area contributed by atoms with Crippen LogP contribution in [0.1, 0.15) is 12.5 Å². The number of carbonyl (C=O) groups is 1. The minimum atomic E-state index is -0.336. The minimum absolute atomic E-state index is 0.146. The van der Waals surface area contributed by atoms with Crippen LogP contribution in [-0.2, 0) is 11.3 Å². The van der Waals surface area contributed by atoms with E-state index >= 15 is 0 Å². The highest BCUT2D eigenvalue weighted by molar-refractivity contribution is 5.77. The smallest absolute Gasteiger partial charge is 0.258 e.